The zero-order valence-corrected chi connectivity index (χ0v) is 16.8. The summed E-state index contributed by atoms with van der Waals surface area (Å²) in [4.78, 5) is 31.0. The topological polar surface area (TPSA) is 80.1 Å². The van der Waals surface area contributed by atoms with Gasteiger partial charge in [0.1, 0.15) is 12.7 Å². The maximum atomic E-state index is 12.8. The SMILES string of the molecule is Cc1cc(N2CC(C(=O)Nc3ccccc3-n3cncn3)CC2=O)ccc1Br. The Bertz CT molecular complexity index is 1030. The summed E-state index contributed by atoms with van der Waals surface area (Å²) in [7, 11) is 0. The van der Waals surface area contributed by atoms with Crippen molar-refractivity contribution in [1.29, 1.82) is 0 Å². The molecule has 28 heavy (non-hydrogen) atoms. The van der Waals surface area contributed by atoms with Crippen LogP contribution in [0.4, 0.5) is 11.4 Å². The van der Waals surface area contributed by atoms with Gasteiger partial charge in [0.2, 0.25) is 11.8 Å². The minimum atomic E-state index is -0.416. The minimum Gasteiger partial charge on any atom is -0.324 e. The maximum absolute atomic E-state index is 12.8. The minimum absolute atomic E-state index is 0.0496. The van der Waals surface area contributed by atoms with Gasteiger partial charge in [-0.05, 0) is 42.8 Å². The van der Waals surface area contributed by atoms with E-state index in [2.05, 4.69) is 31.3 Å². The fourth-order valence-corrected chi connectivity index (χ4v) is 3.52. The predicted molar refractivity (Wildman–Crippen MR) is 109 cm³/mol. The van der Waals surface area contributed by atoms with Crippen molar-refractivity contribution < 1.29 is 9.59 Å². The maximum Gasteiger partial charge on any atom is 0.229 e. The van der Waals surface area contributed by atoms with E-state index >= 15 is 0 Å². The molecule has 1 saturated heterocycles. The molecule has 8 heteroatoms. The summed E-state index contributed by atoms with van der Waals surface area (Å²) < 4.78 is 2.58. The second-order valence-corrected chi connectivity index (χ2v) is 7.54. The largest absolute Gasteiger partial charge is 0.324 e. The lowest BCUT2D eigenvalue weighted by Crippen LogP contribution is -2.28. The van der Waals surface area contributed by atoms with E-state index in [9.17, 15) is 9.59 Å². The van der Waals surface area contributed by atoms with Crippen molar-refractivity contribution in [2.75, 3.05) is 16.8 Å². The fourth-order valence-electron chi connectivity index (χ4n) is 3.28. The molecule has 2 heterocycles. The van der Waals surface area contributed by atoms with Gasteiger partial charge in [-0.2, -0.15) is 5.10 Å². The van der Waals surface area contributed by atoms with Gasteiger partial charge >= 0.3 is 0 Å². The van der Waals surface area contributed by atoms with Gasteiger partial charge in [-0.25, -0.2) is 9.67 Å². The smallest absolute Gasteiger partial charge is 0.229 e. The lowest BCUT2D eigenvalue weighted by molar-refractivity contribution is -0.122. The van der Waals surface area contributed by atoms with E-state index in [1.807, 2.05) is 49.4 Å². The van der Waals surface area contributed by atoms with Crippen molar-refractivity contribution in [3.63, 3.8) is 0 Å². The molecule has 1 aliphatic rings. The molecule has 142 valence electrons. The number of halogens is 1. The average Bonchev–Trinajstić information content (AvgIpc) is 3.34. The Morgan fingerprint density at radius 3 is 2.82 bits per heavy atom. The Morgan fingerprint density at radius 2 is 2.07 bits per heavy atom. The average molecular weight is 440 g/mol. The standard InChI is InChI=1S/C20H18BrN5O2/c1-13-8-15(6-7-16(13)21)25-10-14(9-19(25)27)20(28)24-17-4-2-3-5-18(17)26-12-22-11-23-26/h2-8,11-12,14H,9-10H2,1H3,(H,24,28). The number of amides is 2. The second kappa shape index (κ2) is 7.55. The van der Waals surface area contributed by atoms with Crippen LogP contribution in [0.3, 0.4) is 0 Å². The second-order valence-electron chi connectivity index (χ2n) is 6.69. The van der Waals surface area contributed by atoms with Crippen LogP contribution in [-0.2, 0) is 9.59 Å². The molecule has 1 N–H and O–H groups in total. The number of nitrogens with one attached hydrogen (secondary N) is 1. The highest BCUT2D eigenvalue weighted by atomic mass is 79.9. The summed E-state index contributed by atoms with van der Waals surface area (Å²) in [6.07, 6.45) is 3.19. The summed E-state index contributed by atoms with van der Waals surface area (Å²) in [5, 5.41) is 7.06. The number of benzene rings is 2. The number of para-hydroxylation sites is 2. The number of nitrogens with zero attached hydrogens (tertiary/aromatic N) is 4. The molecule has 0 aliphatic carbocycles. The summed E-state index contributed by atoms with van der Waals surface area (Å²) in [6, 6.07) is 13.1. The number of rotatable bonds is 4. The molecule has 3 aromatic rings. The van der Waals surface area contributed by atoms with E-state index in [1.54, 1.807) is 15.9 Å². The first kappa shape index (κ1) is 18.4. The normalized spacial score (nSPS) is 16.4. The molecule has 2 amide bonds. The zero-order valence-electron chi connectivity index (χ0n) is 15.2. The van der Waals surface area contributed by atoms with Crippen LogP contribution in [0.25, 0.3) is 5.69 Å². The molecule has 0 radical (unpaired) electrons. The number of aromatic nitrogens is 3. The third kappa shape index (κ3) is 3.55. The third-order valence-corrected chi connectivity index (χ3v) is 5.67. The van der Waals surface area contributed by atoms with Gasteiger partial charge in [-0.3, -0.25) is 9.59 Å². The van der Waals surface area contributed by atoms with Crippen LogP contribution in [0.1, 0.15) is 12.0 Å². The lowest BCUT2D eigenvalue weighted by Gasteiger charge is -2.18. The molecule has 0 saturated carbocycles. The number of hydrogen-bond donors (Lipinski definition) is 1. The molecular weight excluding hydrogens is 422 g/mol. The molecule has 0 spiro atoms. The molecule has 1 aromatic heterocycles. The monoisotopic (exact) mass is 439 g/mol. The van der Waals surface area contributed by atoms with E-state index in [1.165, 1.54) is 6.33 Å². The van der Waals surface area contributed by atoms with Crippen molar-refractivity contribution >= 4 is 39.1 Å². The molecule has 1 aliphatic heterocycles. The summed E-state index contributed by atoms with van der Waals surface area (Å²) >= 11 is 3.47. The fraction of sp³-hybridized carbons (Fsp3) is 0.200. The van der Waals surface area contributed by atoms with E-state index in [-0.39, 0.29) is 18.2 Å². The highest BCUT2D eigenvalue weighted by molar-refractivity contribution is 9.10. The predicted octanol–water partition coefficient (Wildman–Crippen LogP) is 3.33. The molecule has 2 aromatic carbocycles. The first-order chi connectivity index (χ1) is 13.5. The molecule has 1 atom stereocenters. The number of anilines is 2. The first-order valence-electron chi connectivity index (χ1n) is 8.84. The Balaban J connectivity index is 1.51. The van der Waals surface area contributed by atoms with Crippen LogP contribution >= 0.6 is 15.9 Å². The van der Waals surface area contributed by atoms with Crippen molar-refractivity contribution in [1.82, 2.24) is 14.8 Å². The lowest BCUT2D eigenvalue weighted by atomic mass is 10.1. The van der Waals surface area contributed by atoms with Gasteiger partial charge in [0.25, 0.3) is 0 Å². The number of carbonyl (C=O) groups is 2. The molecule has 0 bridgehead atoms. The molecule has 1 unspecified atom stereocenters. The summed E-state index contributed by atoms with van der Waals surface area (Å²) in [5.74, 6) is -0.649. The summed E-state index contributed by atoms with van der Waals surface area (Å²) in [6.45, 7) is 2.33. The van der Waals surface area contributed by atoms with E-state index in [4.69, 9.17) is 0 Å². The molecule has 4 rings (SSSR count). The van der Waals surface area contributed by atoms with Crippen molar-refractivity contribution in [3.05, 3.63) is 65.2 Å². The van der Waals surface area contributed by atoms with Gasteiger partial charge in [0.15, 0.2) is 0 Å². The van der Waals surface area contributed by atoms with Crippen LogP contribution < -0.4 is 10.2 Å². The van der Waals surface area contributed by atoms with Crippen LogP contribution in [-0.4, -0.2) is 33.1 Å². The van der Waals surface area contributed by atoms with Crippen molar-refractivity contribution in [2.24, 2.45) is 5.92 Å². The highest BCUT2D eigenvalue weighted by Gasteiger charge is 2.35. The van der Waals surface area contributed by atoms with Gasteiger partial charge < -0.3 is 10.2 Å². The quantitative estimate of drug-likeness (QED) is 0.675. The number of aryl methyl sites for hydroxylation is 1. The molecular formula is C20H18BrN5O2. The summed E-state index contributed by atoms with van der Waals surface area (Å²) in [5.41, 5.74) is 3.20. The number of carbonyl (C=O) groups excluding carboxylic acids is 2. The first-order valence-corrected chi connectivity index (χ1v) is 9.63. The Morgan fingerprint density at radius 1 is 1.25 bits per heavy atom. The van der Waals surface area contributed by atoms with E-state index in [0.717, 1.165) is 21.4 Å². The van der Waals surface area contributed by atoms with Crippen LogP contribution in [0.15, 0.2) is 59.6 Å². The van der Waals surface area contributed by atoms with Crippen molar-refractivity contribution in [3.8, 4) is 5.69 Å². The zero-order chi connectivity index (χ0) is 19.7. The third-order valence-electron chi connectivity index (χ3n) is 4.78. The number of hydrogen-bond acceptors (Lipinski definition) is 4. The van der Waals surface area contributed by atoms with Gasteiger partial charge in [-0.15, -0.1) is 0 Å². The van der Waals surface area contributed by atoms with E-state index < -0.39 is 5.92 Å². The van der Waals surface area contributed by atoms with E-state index in [0.29, 0.717) is 12.2 Å². The Labute approximate surface area is 170 Å². The van der Waals surface area contributed by atoms with Crippen molar-refractivity contribution in [2.45, 2.75) is 13.3 Å². The Kier molecular flexibility index (Phi) is 4.95. The molecule has 7 nitrogen and oxygen atoms in total. The molecule has 1 fully saturated rings. The van der Waals surface area contributed by atoms with Gasteiger partial charge in [0, 0.05) is 23.1 Å². The Hall–Kier alpha value is -3.00. The van der Waals surface area contributed by atoms with Crippen LogP contribution in [0.5, 0.6) is 0 Å². The highest BCUT2D eigenvalue weighted by Crippen LogP contribution is 2.29. The van der Waals surface area contributed by atoms with Gasteiger partial charge in [-0.1, -0.05) is 28.1 Å². The van der Waals surface area contributed by atoms with Crippen LogP contribution in [0.2, 0.25) is 0 Å². The van der Waals surface area contributed by atoms with Gasteiger partial charge in [0.05, 0.1) is 17.3 Å². The van der Waals surface area contributed by atoms with Crippen LogP contribution in [0, 0.1) is 12.8 Å².